The molecule has 1 aromatic rings. The van der Waals surface area contributed by atoms with Crippen molar-refractivity contribution in [2.24, 2.45) is 0 Å². The predicted octanol–water partition coefficient (Wildman–Crippen LogP) is 2.13. The molecule has 1 unspecified atom stereocenters. The van der Waals surface area contributed by atoms with E-state index in [9.17, 15) is 9.18 Å². The van der Waals surface area contributed by atoms with Gasteiger partial charge in [0.05, 0.1) is 12.6 Å². The third-order valence-electron chi connectivity index (χ3n) is 3.16. The maximum atomic E-state index is 12.9. The normalized spacial score (nSPS) is 18.6. The highest BCUT2D eigenvalue weighted by atomic mass is 35.5. The fraction of sp³-hybridized carbons (Fsp3) is 0.462. The van der Waals surface area contributed by atoms with Gasteiger partial charge in [-0.05, 0) is 37.6 Å². The molecule has 1 aliphatic heterocycles. The van der Waals surface area contributed by atoms with Crippen LogP contribution in [0.2, 0.25) is 0 Å². The minimum Gasteiger partial charge on any atom is -0.335 e. The van der Waals surface area contributed by atoms with Crippen molar-refractivity contribution in [3.05, 3.63) is 35.6 Å². The van der Waals surface area contributed by atoms with Gasteiger partial charge in [-0.25, -0.2) is 4.39 Å². The minimum absolute atomic E-state index is 0. The maximum absolute atomic E-state index is 12.9. The molecule has 0 bridgehead atoms. The van der Waals surface area contributed by atoms with Crippen molar-refractivity contribution in [1.82, 2.24) is 10.2 Å². The Morgan fingerprint density at radius 1 is 1.44 bits per heavy atom. The zero-order valence-electron chi connectivity index (χ0n) is 10.4. The molecule has 1 fully saturated rings. The second kappa shape index (κ2) is 6.71. The first-order valence-corrected chi connectivity index (χ1v) is 5.92. The van der Waals surface area contributed by atoms with E-state index in [2.05, 4.69) is 5.32 Å². The molecule has 2 rings (SSSR count). The fourth-order valence-electron chi connectivity index (χ4n) is 2.35. The molecule has 1 amide bonds. The van der Waals surface area contributed by atoms with Crippen molar-refractivity contribution in [3.63, 3.8) is 0 Å². The van der Waals surface area contributed by atoms with E-state index in [4.69, 9.17) is 0 Å². The number of carbonyl (C=O) groups is 1. The summed E-state index contributed by atoms with van der Waals surface area (Å²) in [6, 6.07) is 6.55. The van der Waals surface area contributed by atoms with Crippen LogP contribution in [0, 0.1) is 5.82 Å². The number of likely N-dealkylation sites (N-methyl/N-ethyl adjacent to an activating group) is 1. The molecule has 0 aliphatic carbocycles. The number of halogens is 2. The third-order valence-corrected chi connectivity index (χ3v) is 3.16. The molecule has 1 heterocycles. The standard InChI is InChI=1S/C13H17FN2O.ClH/c1-15-9-13(17)16-8-2-3-12(16)10-4-6-11(14)7-5-10;/h4-7,12,15H,2-3,8-9H2,1H3;1H. The molecule has 0 saturated carbocycles. The van der Waals surface area contributed by atoms with Crippen LogP contribution >= 0.6 is 12.4 Å². The number of amides is 1. The lowest BCUT2D eigenvalue weighted by molar-refractivity contribution is -0.131. The van der Waals surface area contributed by atoms with Crippen molar-refractivity contribution in [2.45, 2.75) is 18.9 Å². The second-order valence-electron chi connectivity index (χ2n) is 4.33. The molecule has 5 heteroatoms. The van der Waals surface area contributed by atoms with Gasteiger partial charge in [-0.1, -0.05) is 12.1 Å². The summed E-state index contributed by atoms with van der Waals surface area (Å²) in [4.78, 5) is 13.8. The zero-order valence-corrected chi connectivity index (χ0v) is 11.2. The Bertz CT molecular complexity index is 396. The van der Waals surface area contributed by atoms with Crippen molar-refractivity contribution < 1.29 is 9.18 Å². The molecule has 1 atom stereocenters. The molecule has 1 saturated heterocycles. The molecule has 100 valence electrons. The molecule has 18 heavy (non-hydrogen) atoms. The number of hydrogen-bond donors (Lipinski definition) is 1. The van der Waals surface area contributed by atoms with E-state index in [1.165, 1.54) is 12.1 Å². The van der Waals surface area contributed by atoms with Crippen LogP contribution in [0.4, 0.5) is 4.39 Å². The molecule has 0 aromatic heterocycles. The Morgan fingerprint density at radius 2 is 2.11 bits per heavy atom. The summed E-state index contributed by atoms with van der Waals surface area (Å²) >= 11 is 0. The molecular formula is C13H18ClFN2O. The van der Waals surface area contributed by atoms with E-state index in [0.29, 0.717) is 6.54 Å². The third kappa shape index (κ3) is 3.21. The van der Waals surface area contributed by atoms with Crippen LogP contribution in [0.15, 0.2) is 24.3 Å². The molecule has 0 radical (unpaired) electrons. The first-order valence-electron chi connectivity index (χ1n) is 5.92. The number of carbonyl (C=O) groups excluding carboxylic acids is 1. The Kier molecular flexibility index (Phi) is 5.56. The lowest BCUT2D eigenvalue weighted by Crippen LogP contribution is -2.36. The Hall–Kier alpha value is -1.13. The molecule has 1 N–H and O–H groups in total. The van der Waals surface area contributed by atoms with E-state index in [1.54, 1.807) is 19.2 Å². The van der Waals surface area contributed by atoms with Gasteiger partial charge in [0.2, 0.25) is 5.91 Å². The summed E-state index contributed by atoms with van der Waals surface area (Å²) in [7, 11) is 1.76. The van der Waals surface area contributed by atoms with Gasteiger partial charge in [-0.2, -0.15) is 0 Å². The summed E-state index contributed by atoms with van der Waals surface area (Å²) < 4.78 is 12.9. The second-order valence-corrected chi connectivity index (χ2v) is 4.33. The van der Waals surface area contributed by atoms with Gasteiger partial charge in [0.25, 0.3) is 0 Å². The van der Waals surface area contributed by atoms with Gasteiger partial charge in [-0.3, -0.25) is 4.79 Å². The Labute approximate surface area is 113 Å². The average molecular weight is 273 g/mol. The van der Waals surface area contributed by atoms with E-state index < -0.39 is 0 Å². The van der Waals surface area contributed by atoms with Crippen molar-refractivity contribution >= 4 is 18.3 Å². The van der Waals surface area contributed by atoms with Crippen LogP contribution < -0.4 is 5.32 Å². The van der Waals surface area contributed by atoms with E-state index in [-0.39, 0.29) is 30.2 Å². The number of likely N-dealkylation sites (tertiary alicyclic amines) is 1. The zero-order chi connectivity index (χ0) is 12.3. The topological polar surface area (TPSA) is 32.3 Å². The summed E-state index contributed by atoms with van der Waals surface area (Å²) in [5.74, 6) is -0.126. The van der Waals surface area contributed by atoms with E-state index in [1.807, 2.05) is 4.90 Å². The number of rotatable bonds is 3. The summed E-state index contributed by atoms with van der Waals surface area (Å²) in [5.41, 5.74) is 1.02. The van der Waals surface area contributed by atoms with Crippen molar-refractivity contribution in [3.8, 4) is 0 Å². The Balaban J connectivity index is 0.00000162. The maximum Gasteiger partial charge on any atom is 0.237 e. The lowest BCUT2D eigenvalue weighted by atomic mass is 10.0. The number of benzene rings is 1. The highest BCUT2D eigenvalue weighted by molar-refractivity contribution is 5.85. The SMILES string of the molecule is CNCC(=O)N1CCCC1c1ccc(F)cc1.Cl. The van der Waals surface area contributed by atoms with Crippen molar-refractivity contribution in [1.29, 1.82) is 0 Å². The first kappa shape index (κ1) is 14.9. The van der Waals surface area contributed by atoms with Gasteiger partial charge in [-0.15, -0.1) is 12.4 Å². The number of nitrogens with one attached hydrogen (secondary N) is 1. The largest absolute Gasteiger partial charge is 0.335 e. The Morgan fingerprint density at radius 3 is 2.72 bits per heavy atom. The molecule has 3 nitrogen and oxygen atoms in total. The quantitative estimate of drug-likeness (QED) is 0.914. The van der Waals surface area contributed by atoms with Crippen LogP contribution in [0.5, 0.6) is 0 Å². The first-order chi connectivity index (χ1) is 8.22. The van der Waals surface area contributed by atoms with Gasteiger partial charge < -0.3 is 10.2 Å². The van der Waals surface area contributed by atoms with Crippen molar-refractivity contribution in [2.75, 3.05) is 20.1 Å². The minimum atomic E-state index is -0.236. The molecule has 1 aromatic carbocycles. The monoisotopic (exact) mass is 272 g/mol. The molecular weight excluding hydrogens is 255 g/mol. The van der Waals surface area contributed by atoms with Crippen LogP contribution in [-0.4, -0.2) is 30.9 Å². The summed E-state index contributed by atoms with van der Waals surface area (Å²) in [6.45, 7) is 1.15. The van der Waals surface area contributed by atoms with Gasteiger partial charge in [0.15, 0.2) is 0 Å². The van der Waals surface area contributed by atoms with Crippen LogP contribution in [0.1, 0.15) is 24.4 Å². The van der Waals surface area contributed by atoms with Crippen LogP contribution in [0.3, 0.4) is 0 Å². The van der Waals surface area contributed by atoms with Crippen LogP contribution in [-0.2, 0) is 4.79 Å². The molecule has 0 spiro atoms. The number of hydrogen-bond acceptors (Lipinski definition) is 2. The average Bonchev–Trinajstić information content (AvgIpc) is 2.79. The lowest BCUT2D eigenvalue weighted by Gasteiger charge is -2.25. The highest BCUT2D eigenvalue weighted by Gasteiger charge is 2.29. The predicted molar refractivity (Wildman–Crippen MR) is 71.3 cm³/mol. The highest BCUT2D eigenvalue weighted by Crippen LogP contribution is 2.31. The van der Waals surface area contributed by atoms with Crippen LogP contribution in [0.25, 0.3) is 0 Å². The summed E-state index contributed by atoms with van der Waals surface area (Å²) in [5, 5.41) is 2.87. The fourth-order valence-corrected chi connectivity index (χ4v) is 2.35. The van der Waals surface area contributed by atoms with Gasteiger partial charge >= 0.3 is 0 Å². The molecule has 1 aliphatic rings. The smallest absolute Gasteiger partial charge is 0.237 e. The van der Waals surface area contributed by atoms with Gasteiger partial charge in [0, 0.05) is 6.54 Å². The number of nitrogens with zero attached hydrogens (tertiary/aromatic N) is 1. The van der Waals surface area contributed by atoms with E-state index >= 15 is 0 Å². The summed E-state index contributed by atoms with van der Waals surface area (Å²) in [6.07, 6.45) is 1.97. The van der Waals surface area contributed by atoms with E-state index in [0.717, 1.165) is 24.9 Å². The van der Waals surface area contributed by atoms with Gasteiger partial charge in [0.1, 0.15) is 5.82 Å².